The summed E-state index contributed by atoms with van der Waals surface area (Å²) in [5.41, 5.74) is 3.82. The maximum absolute atomic E-state index is 13.0. The standard InChI is InChI=1S/C22H21N3O3S/c1-14-2-7-17-19(12-14)29-21(23-17)15-3-5-16(6-4-15)25-20(26)13-18(22(25)27)24-8-10-28-11-9-24/h2-7,12,18H,8-11,13H2,1H3/p+1/t18-/m1/s1. The average molecular weight is 409 g/mol. The summed E-state index contributed by atoms with van der Waals surface area (Å²) < 4.78 is 6.54. The van der Waals surface area contributed by atoms with Crippen molar-refractivity contribution in [3.8, 4) is 10.6 Å². The summed E-state index contributed by atoms with van der Waals surface area (Å²) in [7, 11) is 0. The minimum atomic E-state index is -0.293. The number of carbonyl (C=O) groups is 2. The van der Waals surface area contributed by atoms with Crippen LogP contribution in [0.3, 0.4) is 0 Å². The molecule has 3 heterocycles. The highest BCUT2D eigenvalue weighted by molar-refractivity contribution is 7.21. The SMILES string of the molecule is Cc1ccc2nc(-c3ccc(N4C(=O)C[C@@H]([NH+]5CCOCC5)C4=O)cc3)sc2c1. The van der Waals surface area contributed by atoms with E-state index in [0.29, 0.717) is 18.9 Å². The molecule has 2 aliphatic heterocycles. The molecule has 1 atom stereocenters. The number of rotatable bonds is 3. The molecule has 0 unspecified atom stereocenters. The van der Waals surface area contributed by atoms with Crippen molar-refractivity contribution in [3.05, 3.63) is 48.0 Å². The van der Waals surface area contributed by atoms with E-state index in [9.17, 15) is 9.59 Å². The van der Waals surface area contributed by atoms with Crippen LogP contribution in [0.4, 0.5) is 5.69 Å². The van der Waals surface area contributed by atoms with Crippen molar-refractivity contribution in [1.82, 2.24) is 4.98 Å². The van der Waals surface area contributed by atoms with Crippen LogP contribution in [0.15, 0.2) is 42.5 Å². The predicted molar refractivity (Wildman–Crippen MR) is 112 cm³/mol. The van der Waals surface area contributed by atoms with Crippen molar-refractivity contribution < 1.29 is 19.2 Å². The summed E-state index contributed by atoms with van der Waals surface area (Å²) >= 11 is 1.65. The Balaban J connectivity index is 1.39. The molecule has 2 saturated heterocycles. The second-order valence-electron chi connectivity index (χ2n) is 7.63. The van der Waals surface area contributed by atoms with Gasteiger partial charge in [0.25, 0.3) is 5.91 Å². The molecule has 0 saturated carbocycles. The van der Waals surface area contributed by atoms with E-state index < -0.39 is 0 Å². The second kappa shape index (κ2) is 7.33. The molecular formula is C22H22N3O3S+. The number of imide groups is 1. The Morgan fingerprint density at radius 3 is 2.62 bits per heavy atom. The monoisotopic (exact) mass is 408 g/mol. The summed E-state index contributed by atoms with van der Waals surface area (Å²) in [5, 5.41) is 0.937. The molecule has 7 heteroatoms. The first-order valence-corrected chi connectivity index (χ1v) is 10.7. The Bertz CT molecular complexity index is 1090. The van der Waals surface area contributed by atoms with Gasteiger partial charge in [0.1, 0.15) is 18.1 Å². The normalized spacial score (nSPS) is 20.7. The zero-order valence-corrected chi connectivity index (χ0v) is 17.0. The number of fused-ring (bicyclic) bond motifs is 1. The van der Waals surface area contributed by atoms with Gasteiger partial charge in [-0.25, -0.2) is 9.88 Å². The molecular weight excluding hydrogens is 386 g/mol. The van der Waals surface area contributed by atoms with Crippen LogP contribution in [0.5, 0.6) is 0 Å². The molecule has 0 radical (unpaired) electrons. The number of thiazole rings is 1. The number of aromatic nitrogens is 1. The third-order valence-electron chi connectivity index (χ3n) is 5.69. The van der Waals surface area contributed by atoms with E-state index in [1.54, 1.807) is 11.3 Å². The van der Waals surface area contributed by atoms with Crippen molar-refractivity contribution >= 4 is 39.1 Å². The summed E-state index contributed by atoms with van der Waals surface area (Å²) in [6, 6.07) is 13.5. The second-order valence-corrected chi connectivity index (χ2v) is 8.66. The van der Waals surface area contributed by atoms with Crippen molar-refractivity contribution in [3.63, 3.8) is 0 Å². The molecule has 2 aromatic carbocycles. The highest BCUT2D eigenvalue weighted by Gasteiger charge is 2.46. The number of nitrogens with one attached hydrogen (secondary N) is 1. The number of carbonyl (C=O) groups excluding carboxylic acids is 2. The van der Waals surface area contributed by atoms with Crippen LogP contribution in [-0.2, 0) is 14.3 Å². The van der Waals surface area contributed by atoms with Gasteiger partial charge in [-0.1, -0.05) is 6.07 Å². The number of anilines is 1. The van der Waals surface area contributed by atoms with Crippen LogP contribution in [0.2, 0.25) is 0 Å². The zero-order chi connectivity index (χ0) is 20.0. The number of nitrogens with zero attached hydrogens (tertiary/aromatic N) is 2. The molecule has 3 aromatic rings. The first-order chi connectivity index (χ1) is 14.1. The molecule has 0 bridgehead atoms. The number of ether oxygens (including phenoxy) is 1. The summed E-state index contributed by atoms with van der Waals surface area (Å²) in [6.45, 7) is 4.90. The molecule has 5 rings (SSSR count). The number of benzene rings is 2. The number of aryl methyl sites for hydroxylation is 1. The van der Waals surface area contributed by atoms with Gasteiger partial charge in [-0.15, -0.1) is 11.3 Å². The number of morpholine rings is 1. The van der Waals surface area contributed by atoms with Gasteiger partial charge >= 0.3 is 0 Å². The molecule has 0 aliphatic carbocycles. The number of hydrogen-bond acceptors (Lipinski definition) is 5. The maximum atomic E-state index is 13.0. The van der Waals surface area contributed by atoms with Gasteiger partial charge in [0.05, 0.1) is 35.5 Å². The third kappa shape index (κ3) is 3.35. The van der Waals surface area contributed by atoms with E-state index in [-0.39, 0.29) is 24.3 Å². The van der Waals surface area contributed by atoms with Crippen molar-refractivity contribution in [2.75, 3.05) is 31.2 Å². The molecule has 2 amide bonds. The van der Waals surface area contributed by atoms with Gasteiger partial charge in [0, 0.05) is 5.56 Å². The number of amides is 2. The molecule has 1 aromatic heterocycles. The first kappa shape index (κ1) is 18.4. The van der Waals surface area contributed by atoms with Gasteiger partial charge in [-0.3, -0.25) is 9.59 Å². The lowest BCUT2D eigenvalue weighted by Crippen LogP contribution is -3.18. The van der Waals surface area contributed by atoms with E-state index in [1.165, 1.54) is 10.5 Å². The fraction of sp³-hybridized carbons (Fsp3) is 0.318. The van der Waals surface area contributed by atoms with E-state index in [0.717, 1.165) is 38.8 Å². The van der Waals surface area contributed by atoms with Crippen LogP contribution in [0, 0.1) is 6.92 Å². The number of hydrogen-bond donors (Lipinski definition) is 1. The van der Waals surface area contributed by atoms with Crippen molar-refractivity contribution in [2.45, 2.75) is 19.4 Å². The quantitative estimate of drug-likeness (QED) is 0.672. The van der Waals surface area contributed by atoms with Gasteiger partial charge in [0.2, 0.25) is 5.91 Å². The molecule has 1 N–H and O–H groups in total. The summed E-state index contributed by atoms with van der Waals surface area (Å²) in [6.07, 6.45) is 0.271. The molecule has 2 fully saturated rings. The van der Waals surface area contributed by atoms with Crippen LogP contribution >= 0.6 is 11.3 Å². The van der Waals surface area contributed by atoms with Gasteiger partial charge in [-0.05, 0) is 48.9 Å². The van der Waals surface area contributed by atoms with Gasteiger partial charge < -0.3 is 9.64 Å². The Morgan fingerprint density at radius 2 is 1.86 bits per heavy atom. The zero-order valence-electron chi connectivity index (χ0n) is 16.2. The molecule has 148 valence electrons. The topological polar surface area (TPSA) is 63.9 Å². The Labute approximate surface area is 172 Å². The Morgan fingerprint density at radius 1 is 1.10 bits per heavy atom. The summed E-state index contributed by atoms with van der Waals surface area (Å²) in [4.78, 5) is 32.8. The minimum Gasteiger partial charge on any atom is -0.370 e. The fourth-order valence-electron chi connectivity index (χ4n) is 4.11. The highest BCUT2D eigenvalue weighted by Crippen LogP contribution is 2.32. The van der Waals surface area contributed by atoms with Crippen LogP contribution < -0.4 is 9.80 Å². The lowest BCUT2D eigenvalue weighted by molar-refractivity contribution is -0.922. The van der Waals surface area contributed by atoms with Crippen molar-refractivity contribution in [1.29, 1.82) is 0 Å². The van der Waals surface area contributed by atoms with Gasteiger partial charge in [-0.2, -0.15) is 0 Å². The molecule has 2 aliphatic rings. The summed E-state index contributed by atoms with van der Waals surface area (Å²) in [5.74, 6) is -0.225. The molecule has 6 nitrogen and oxygen atoms in total. The third-order valence-corrected chi connectivity index (χ3v) is 6.76. The van der Waals surface area contributed by atoms with E-state index in [2.05, 4.69) is 19.1 Å². The Kier molecular flexibility index (Phi) is 4.66. The molecule has 29 heavy (non-hydrogen) atoms. The highest BCUT2D eigenvalue weighted by atomic mass is 32.1. The largest absolute Gasteiger partial charge is 0.370 e. The number of quaternary nitrogens is 1. The van der Waals surface area contributed by atoms with E-state index in [4.69, 9.17) is 9.72 Å². The lowest BCUT2D eigenvalue weighted by atomic mass is 10.2. The fourth-order valence-corrected chi connectivity index (χ4v) is 5.18. The Hall–Kier alpha value is -2.61. The smallest absolute Gasteiger partial charge is 0.292 e. The van der Waals surface area contributed by atoms with Gasteiger partial charge in [0.15, 0.2) is 6.04 Å². The first-order valence-electron chi connectivity index (χ1n) is 9.87. The maximum Gasteiger partial charge on any atom is 0.292 e. The lowest BCUT2D eigenvalue weighted by Gasteiger charge is -2.27. The molecule has 0 spiro atoms. The van der Waals surface area contributed by atoms with Crippen molar-refractivity contribution in [2.24, 2.45) is 0 Å². The van der Waals surface area contributed by atoms with E-state index >= 15 is 0 Å². The predicted octanol–water partition coefficient (Wildman–Crippen LogP) is 1.82. The average Bonchev–Trinajstić information content (AvgIpc) is 3.29. The van der Waals surface area contributed by atoms with E-state index in [1.807, 2.05) is 30.3 Å². The van der Waals surface area contributed by atoms with Crippen LogP contribution in [0.1, 0.15) is 12.0 Å². The van der Waals surface area contributed by atoms with Crippen LogP contribution in [-0.4, -0.2) is 49.1 Å². The van der Waals surface area contributed by atoms with Crippen LogP contribution in [0.25, 0.3) is 20.8 Å². The minimum absolute atomic E-state index is 0.102.